The Bertz CT molecular complexity index is 242. The fourth-order valence-electron chi connectivity index (χ4n) is 2.51. The van der Waals surface area contributed by atoms with Gasteiger partial charge in [-0.1, -0.05) is 6.92 Å². The van der Waals surface area contributed by atoms with Gasteiger partial charge in [-0.3, -0.25) is 0 Å². The van der Waals surface area contributed by atoms with Gasteiger partial charge in [0.2, 0.25) is 0 Å². The molecule has 1 N–H and O–H groups in total. The average molecular weight is 227 g/mol. The van der Waals surface area contributed by atoms with E-state index in [1.54, 1.807) is 0 Å². The van der Waals surface area contributed by atoms with E-state index in [0.717, 1.165) is 18.9 Å². The van der Waals surface area contributed by atoms with Crippen LogP contribution in [0.15, 0.2) is 0 Å². The van der Waals surface area contributed by atoms with Crippen LogP contribution < -0.4 is 5.32 Å². The van der Waals surface area contributed by atoms with E-state index in [9.17, 15) is 0 Å². The highest BCUT2D eigenvalue weighted by Crippen LogP contribution is 2.56. The van der Waals surface area contributed by atoms with Gasteiger partial charge in [-0.25, -0.2) is 0 Å². The summed E-state index contributed by atoms with van der Waals surface area (Å²) in [6, 6.07) is 0. The van der Waals surface area contributed by atoms with Gasteiger partial charge in [0.25, 0.3) is 0 Å². The molecule has 2 atom stereocenters. The summed E-state index contributed by atoms with van der Waals surface area (Å²) in [6.07, 6.45) is 2.50. The first-order valence-corrected chi connectivity index (χ1v) is 6.38. The second kappa shape index (κ2) is 4.30. The molecule has 0 aromatic heterocycles. The molecule has 0 saturated heterocycles. The van der Waals surface area contributed by atoms with Crippen LogP contribution >= 0.6 is 0 Å². The van der Waals surface area contributed by atoms with Crippen LogP contribution in [0.3, 0.4) is 0 Å². The minimum Gasteiger partial charge on any atom is -0.379 e. The molecule has 1 rings (SSSR count). The minimum atomic E-state index is 0.0191. The van der Waals surface area contributed by atoms with Crippen molar-refractivity contribution in [3.63, 3.8) is 0 Å². The van der Waals surface area contributed by atoms with Crippen LogP contribution in [-0.2, 0) is 4.74 Å². The minimum absolute atomic E-state index is 0.0191. The lowest BCUT2D eigenvalue weighted by Crippen LogP contribution is -2.38. The zero-order valence-corrected chi connectivity index (χ0v) is 12.1. The first kappa shape index (κ1) is 14.0. The first-order valence-electron chi connectivity index (χ1n) is 6.38. The van der Waals surface area contributed by atoms with Gasteiger partial charge >= 0.3 is 0 Å². The van der Waals surface area contributed by atoms with Crippen LogP contribution in [0.25, 0.3) is 0 Å². The summed E-state index contributed by atoms with van der Waals surface area (Å²) >= 11 is 0. The molecule has 0 amide bonds. The van der Waals surface area contributed by atoms with Crippen molar-refractivity contribution in [3.05, 3.63) is 0 Å². The van der Waals surface area contributed by atoms with Crippen molar-refractivity contribution >= 4 is 0 Å². The normalized spacial score (nSPS) is 30.6. The zero-order chi connectivity index (χ0) is 12.6. The fraction of sp³-hybridized carbons (Fsp3) is 1.00. The van der Waals surface area contributed by atoms with E-state index >= 15 is 0 Å². The monoisotopic (exact) mass is 227 g/mol. The van der Waals surface area contributed by atoms with Crippen LogP contribution in [0.1, 0.15) is 54.4 Å². The molecular weight excluding hydrogens is 198 g/mol. The number of nitrogens with one attached hydrogen (secondary N) is 1. The third kappa shape index (κ3) is 4.06. The molecule has 0 aliphatic heterocycles. The topological polar surface area (TPSA) is 21.3 Å². The van der Waals surface area contributed by atoms with Crippen molar-refractivity contribution in [2.24, 2.45) is 11.3 Å². The third-order valence-electron chi connectivity index (χ3n) is 3.80. The molecule has 1 aliphatic rings. The first-order chi connectivity index (χ1) is 7.08. The Morgan fingerprint density at radius 3 is 2.25 bits per heavy atom. The standard InChI is InChI=1S/C14H29NO/c1-12(2,3)15-9-11-8-14(11,6)10-13(4,5)16-7/h11,15H,8-10H2,1-7H3. The molecule has 0 spiro atoms. The second-order valence-corrected chi connectivity index (χ2v) is 7.33. The molecule has 0 aromatic carbocycles. The van der Waals surface area contributed by atoms with Crippen molar-refractivity contribution in [1.29, 1.82) is 0 Å². The van der Waals surface area contributed by atoms with Gasteiger partial charge in [0, 0.05) is 12.6 Å². The number of methoxy groups -OCH3 is 1. The fourth-order valence-corrected chi connectivity index (χ4v) is 2.51. The Morgan fingerprint density at radius 1 is 1.25 bits per heavy atom. The SMILES string of the molecule is COC(C)(C)CC1(C)CC1CNC(C)(C)C. The smallest absolute Gasteiger partial charge is 0.0628 e. The molecule has 0 bridgehead atoms. The lowest BCUT2D eigenvalue weighted by atomic mass is 9.90. The lowest BCUT2D eigenvalue weighted by Gasteiger charge is -2.28. The maximum absolute atomic E-state index is 5.53. The van der Waals surface area contributed by atoms with E-state index in [-0.39, 0.29) is 11.1 Å². The largest absolute Gasteiger partial charge is 0.379 e. The molecule has 16 heavy (non-hydrogen) atoms. The van der Waals surface area contributed by atoms with E-state index in [1.807, 2.05) is 7.11 Å². The zero-order valence-electron chi connectivity index (χ0n) is 12.1. The summed E-state index contributed by atoms with van der Waals surface area (Å²) in [6.45, 7) is 14.6. The van der Waals surface area contributed by atoms with Crippen molar-refractivity contribution in [3.8, 4) is 0 Å². The summed E-state index contributed by atoms with van der Waals surface area (Å²) in [7, 11) is 1.81. The number of hydrogen-bond donors (Lipinski definition) is 1. The van der Waals surface area contributed by atoms with E-state index in [4.69, 9.17) is 4.74 Å². The van der Waals surface area contributed by atoms with Crippen LogP contribution in [0, 0.1) is 11.3 Å². The van der Waals surface area contributed by atoms with Gasteiger partial charge in [-0.2, -0.15) is 0 Å². The summed E-state index contributed by atoms with van der Waals surface area (Å²) in [5, 5.41) is 3.60. The van der Waals surface area contributed by atoms with Crippen molar-refractivity contribution < 1.29 is 4.74 Å². The quantitative estimate of drug-likeness (QED) is 0.778. The summed E-state index contributed by atoms with van der Waals surface area (Å²) in [5.74, 6) is 0.821. The van der Waals surface area contributed by atoms with Crippen molar-refractivity contribution in [1.82, 2.24) is 5.32 Å². The molecule has 0 aromatic rings. The number of hydrogen-bond acceptors (Lipinski definition) is 2. The summed E-state index contributed by atoms with van der Waals surface area (Å²) in [4.78, 5) is 0. The van der Waals surface area contributed by atoms with Gasteiger partial charge in [0.1, 0.15) is 0 Å². The predicted octanol–water partition coefficient (Wildman–Crippen LogP) is 3.22. The number of rotatable bonds is 5. The van der Waals surface area contributed by atoms with E-state index in [0.29, 0.717) is 5.41 Å². The molecule has 0 heterocycles. The van der Waals surface area contributed by atoms with Crippen molar-refractivity contribution in [2.45, 2.75) is 65.5 Å². The highest BCUT2D eigenvalue weighted by molar-refractivity contribution is 5.03. The predicted molar refractivity (Wildman–Crippen MR) is 69.7 cm³/mol. The molecule has 96 valence electrons. The average Bonchev–Trinajstić information content (AvgIpc) is 2.71. The second-order valence-electron chi connectivity index (χ2n) is 7.33. The number of ether oxygens (including phenoxy) is 1. The Kier molecular flexibility index (Phi) is 3.76. The van der Waals surface area contributed by atoms with Crippen LogP contribution in [-0.4, -0.2) is 24.8 Å². The van der Waals surface area contributed by atoms with Crippen LogP contribution in [0.2, 0.25) is 0 Å². The van der Waals surface area contributed by atoms with Crippen molar-refractivity contribution in [2.75, 3.05) is 13.7 Å². The highest BCUT2D eigenvalue weighted by atomic mass is 16.5. The Balaban J connectivity index is 2.36. The van der Waals surface area contributed by atoms with Gasteiger partial charge in [0.15, 0.2) is 0 Å². The molecule has 1 saturated carbocycles. The summed E-state index contributed by atoms with van der Waals surface area (Å²) < 4.78 is 5.53. The van der Waals surface area contributed by atoms with Gasteiger partial charge in [-0.15, -0.1) is 0 Å². The van der Waals surface area contributed by atoms with Crippen LogP contribution in [0.5, 0.6) is 0 Å². The highest BCUT2D eigenvalue weighted by Gasteiger charge is 2.52. The van der Waals surface area contributed by atoms with E-state index in [2.05, 4.69) is 46.9 Å². The molecule has 2 heteroatoms. The molecule has 1 fully saturated rings. The van der Waals surface area contributed by atoms with Gasteiger partial charge < -0.3 is 10.1 Å². The maximum atomic E-state index is 5.53. The Hall–Kier alpha value is -0.0800. The van der Waals surface area contributed by atoms with Crippen LogP contribution in [0.4, 0.5) is 0 Å². The van der Waals surface area contributed by atoms with Gasteiger partial charge in [-0.05, 0) is 65.3 Å². The molecule has 2 unspecified atom stereocenters. The molecule has 2 nitrogen and oxygen atoms in total. The van der Waals surface area contributed by atoms with E-state index < -0.39 is 0 Å². The Labute approximate surface area is 101 Å². The molecule has 1 aliphatic carbocycles. The van der Waals surface area contributed by atoms with Gasteiger partial charge in [0.05, 0.1) is 5.60 Å². The molecular formula is C14H29NO. The lowest BCUT2D eigenvalue weighted by molar-refractivity contribution is -0.00177. The molecule has 0 radical (unpaired) electrons. The summed E-state index contributed by atoms with van der Waals surface area (Å²) in [5.41, 5.74) is 0.739. The Morgan fingerprint density at radius 2 is 1.81 bits per heavy atom. The van der Waals surface area contributed by atoms with E-state index in [1.165, 1.54) is 6.42 Å². The maximum Gasteiger partial charge on any atom is 0.0628 e. The third-order valence-corrected chi connectivity index (χ3v) is 3.80.